The lowest BCUT2D eigenvalue weighted by Gasteiger charge is -2.63. The topological polar surface area (TPSA) is 431 Å². The molecule has 0 aromatic carbocycles. The number of aliphatic hydroxyl groups is 11. The normalized spacial score (nSPS) is 50.3. The van der Waals surface area contributed by atoms with Gasteiger partial charge in [0.1, 0.15) is 115 Å². The Balaban J connectivity index is 0.904. The summed E-state index contributed by atoms with van der Waals surface area (Å²) in [6.07, 6.45) is -33.4. The number of methoxy groups -OCH3 is 1. The zero-order chi connectivity index (χ0) is 65.7. The van der Waals surface area contributed by atoms with Gasteiger partial charge in [0.25, 0.3) is 0 Å². The van der Waals surface area contributed by atoms with E-state index in [9.17, 15) is 78.7 Å². The second kappa shape index (κ2) is 26.6. The Morgan fingerprint density at radius 2 is 1.28 bits per heavy atom. The molecule has 6 aliphatic heterocycles. The number of cyclic esters (lactones) is 1. The minimum absolute atomic E-state index is 0.0233. The number of carbonyl (C=O) groups excluding carboxylic acids is 2. The van der Waals surface area contributed by atoms with E-state index in [1.54, 1.807) is 0 Å². The van der Waals surface area contributed by atoms with Crippen molar-refractivity contribution in [3.63, 3.8) is 0 Å². The van der Waals surface area contributed by atoms with Crippen LogP contribution in [-0.2, 0) is 81.0 Å². The van der Waals surface area contributed by atoms with E-state index in [0.717, 1.165) is 37.5 Å². The van der Waals surface area contributed by atoms with E-state index in [2.05, 4.69) is 26.5 Å². The van der Waals surface area contributed by atoms with Crippen molar-refractivity contribution in [3.05, 3.63) is 23.8 Å². The Bertz CT molecular complexity index is 2720. The minimum atomic E-state index is -5.27. The van der Waals surface area contributed by atoms with Crippen LogP contribution in [-0.4, -0.2) is 267 Å². The summed E-state index contributed by atoms with van der Waals surface area (Å²) in [5.74, 6) is -0.952. The van der Waals surface area contributed by atoms with Gasteiger partial charge in [-0.25, -0.2) is 4.18 Å². The Morgan fingerprint density at radius 3 is 1.91 bits per heavy atom. The lowest BCUT2D eigenvalue weighted by Crippen LogP contribution is -2.68. The van der Waals surface area contributed by atoms with Gasteiger partial charge in [-0.3, -0.25) is 14.1 Å². The van der Waals surface area contributed by atoms with Crippen molar-refractivity contribution in [1.29, 1.82) is 0 Å². The van der Waals surface area contributed by atoms with Crippen molar-refractivity contribution in [2.75, 3.05) is 33.5 Å². The molecule has 0 aromatic rings. The molecule has 1 spiro atoms. The lowest BCUT2D eigenvalue weighted by molar-refractivity contribution is -0.403. The first kappa shape index (κ1) is 70.4. The molecule has 30 heteroatoms. The summed E-state index contributed by atoms with van der Waals surface area (Å²) in [6.45, 7) is 14.8. The molecule has 0 aromatic heterocycles. The molecular weight excluding hydrogens is 1220 g/mol. The monoisotopic (exact) mass is 1310 g/mol. The molecule has 9 fully saturated rings. The first-order valence-corrected chi connectivity index (χ1v) is 32.7. The molecule has 0 radical (unpaired) electrons. The highest BCUT2D eigenvalue weighted by atomic mass is 32.3. The second-order valence-electron chi connectivity index (χ2n) is 28.0. The largest absolute Gasteiger partial charge is 0.458 e. The molecule has 10 rings (SSSR count). The van der Waals surface area contributed by atoms with E-state index >= 15 is 0 Å². The van der Waals surface area contributed by atoms with E-state index in [4.69, 9.17) is 61.0 Å². The molecule has 514 valence electrons. The molecule has 6 heterocycles. The van der Waals surface area contributed by atoms with Gasteiger partial charge >= 0.3 is 16.4 Å². The summed E-state index contributed by atoms with van der Waals surface area (Å²) < 4.78 is 112. The molecule has 10 aliphatic rings. The third-order valence-electron chi connectivity index (χ3n) is 22.1. The Morgan fingerprint density at radius 1 is 0.678 bits per heavy atom. The van der Waals surface area contributed by atoms with E-state index in [1.807, 2.05) is 27.7 Å². The predicted molar refractivity (Wildman–Crippen MR) is 302 cm³/mol. The number of carbonyl (C=O) groups is 2. The number of allylic oxidation sites excluding steroid dienone is 3. The molecule has 31 unspecified atom stereocenters. The fourth-order valence-electron chi connectivity index (χ4n) is 17.4. The Hall–Kier alpha value is -2.39. The predicted octanol–water partition coefficient (Wildman–Crippen LogP) is -1.53. The molecule has 0 amide bonds. The van der Waals surface area contributed by atoms with Crippen molar-refractivity contribution in [2.24, 2.45) is 39.4 Å². The Kier molecular flexibility index (Phi) is 20.8. The molecule has 3 saturated carbocycles. The fourth-order valence-corrected chi connectivity index (χ4v) is 17.9. The number of unbranched alkanes of at least 4 members (excludes halogenated alkanes) is 1. The Labute approximate surface area is 522 Å². The first-order valence-electron chi connectivity index (χ1n) is 31.3. The molecule has 90 heavy (non-hydrogen) atoms. The van der Waals surface area contributed by atoms with Gasteiger partial charge in [0.2, 0.25) is 0 Å². The highest BCUT2D eigenvalue weighted by Crippen LogP contribution is 2.75. The number of aliphatic hydroxyl groups excluding tert-OH is 11. The van der Waals surface area contributed by atoms with Gasteiger partial charge in [0.05, 0.1) is 50.0 Å². The van der Waals surface area contributed by atoms with Gasteiger partial charge in [0.15, 0.2) is 31.5 Å². The third-order valence-corrected chi connectivity index (χ3v) is 22.6. The van der Waals surface area contributed by atoms with Gasteiger partial charge in [-0.1, -0.05) is 44.9 Å². The molecule has 4 aliphatic carbocycles. The zero-order valence-electron chi connectivity index (χ0n) is 52.0. The van der Waals surface area contributed by atoms with Crippen LogP contribution in [0.3, 0.4) is 0 Å². The first-order chi connectivity index (χ1) is 42.2. The van der Waals surface area contributed by atoms with E-state index in [0.29, 0.717) is 38.5 Å². The summed E-state index contributed by atoms with van der Waals surface area (Å²) in [7, 11) is -4.11. The quantitative estimate of drug-likeness (QED) is 0.0285. The second-order valence-corrected chi connectivity index (χ2v) is 29.0. The maximum Gasteiger partial charge on any atom is 0.397 e. The summed E-state index contributed by atoms with van der Waals surface area (Å²) in [5.41, 5.74) is -1.65. The molecule has 31 atom stereocenters. The van der Waals surface area contributed by atoms with Crippen LogP contribution in [0, 0.1) is 39.4 Å². The molecule has 29 nitrogen and oxygen atoms in total. The van der Waals surface area contributed by atoms with E-state index in [-0.39, 0.29) is 35.4 Å². The third kappa shape index (κ3) is 12.4. The van der Waals surface area contributed by atoms with Crippen LogP contribution >= 0.6 is 0 Å². The molecule has 0 bridgehead atoms. The van der Waals surface area contributed by atoms with E-state index < -0.39 is 212 Å². The van der Waals surface area contributed by atoms with Gasteiger partial charge in [-0.15, -0.1) is 6.58 Å². The van der Waals surface area contributed by atoms with Crippen LogP contribution < -0.4 is 0 Å². The van der Waals surface area contributed by atoms with Crippen LogP contribution in [0.5, 0.6) is 0 Å². The smallest absolute Gasteiger partial charge is 0.397 e. The average molecular weight is 1310 g/mol. The summed E-state index contributed by atoms with van der Waals surface area (Å²) in [4.78, 5) is 29.0. The maximum atomic E-state index is 14.5. The summed E-state index contributed by atoms with van der Waals surface area (Å²) in [5, 5.41) is 122. The van der Waals surface area contributed by atoms with Gasteiger partial charge in [-0.05, 0) is 101 Å². The van der Waals surface area contributed by atoms with Crippen LogP contribution in [0.25, 0.3) is 0 Å². The number of fused-ring (bicyclic) bond motifs is 4. The molecular formula is C60H94O29S. The number of rotatable bonds is 20. The number of ether oxygens (including phenoxy) is 12. The van der Waals surface area contributed by atoms with Crippen molar-refractivity contribution in [3.8, 4) is 0 Å². The fraction of sp³-hybridized carbons (Fsp3) is 0.900. The number of Topliss-reactive ketones (excluding diaryl/α,β-unsaturated/α-hetero) is 1. The number of hydrogen-bond donors (Lipinski definition) is 12. The SMILES string of the molecule is C=C(C)CCCCC1(C)OC(=O)C23CCC4C(=CCC5C(C)(C)C(OC6OCC(OS(=O)(=O)O)C(O)C6OC6OC(C)C(OC7OC(CO)C(O)C(OC8OC(CO)C(O)C(OC)C8O)C7O)C(O)C6OC6OCC(O)C(O)C6O)CCC45C)C2(C)CC(=O)C13. The number of hydrogen-bond acceptors (Lipinski definition) is 28. The van der Waals surface area contributed by atoms with E-state index in [1.165, 1.54) is 6.92 Å². The van der Waals surface area contributed by atoms with Crippen LogP contribution in [0.2, 0.25) is 0 Å². The summed E-state index contributed by atoms with van der Waals surface area (Å²) in [6, 6.07) is 0. The van der Waals surface area contributed by atoms with Crippen molar-refractivity contribution in [1.82, 2.24) is 0 Å². The van der Waals surface area contributed by atoms with Gasteiger partial charge < -0.3 is 113 Å². The molecule has 12 N–H and O–H groups in total. The van der Waals surface area contributed by atoms with Crippen LogP contribution in [0.1, 0.15) is 113 Å². The van der Waals surface area contributed by atoms with Crippen molar-refractivity contribution in [2.45, 2.75) is 266 Å². The number of esters is 1. The zero-order valence-corrected chi connectivity index (χ0v) is 52.8. The highest BCUT2D eigenvalue weighted by Gasteiger charge is 2.79. The van der Waals surface area contributed by atoms with Crippen molar-refractivity contribution >= 4 is 22.2 Å². The standard InChI is InChI=1S/C60H94O29S/c1-25(2)12-10-11-17-59(8)49-29(63)20-58(7)28-13-14-34-56(4,5)35(16-18-57(34,6)27(28)15-19-60(49,58)55(73)88-59)83-53-47(39(68)33(24-79-53)89-90(74,75)76)87-54-48(86-50-40(69)36(65)30(64)23-78-50)41(70)44(26(3)80-54)84-52-43(72)46(38(67)32(22-62)82-52)85-51-42(71)45(77-9)37(66)31(21-61)81-51/h13,26-27,30-54,61-62,64-72H,1,10-12,14-24H2,2-9H3,(H,74,75,76). The highest BCUT2D eigenvalue weighted by molar-refractivity contribution is 7.80. The van der Waals surface area contributed by atoms with Crippen LogP contribution in [0.4, 0.5) is 0 Å². The molecule has 6 saturated heterocycles. The van der Waals surface area contributed by atoms with Crippen LogP contribution in [0.15, 0.2) is 23.8 Å². The summed E-state index contributed by atoms with van der Waals surface area (Å²) >= 11 is 0. The van der Waals surface area contributed by atoms with Gasteiger partial charge in [0, 0.05) is 18.9 Å². The van der Waals surface area contributed by atoms with Crippen molar-refractivity contribution < 1.29 is 140 Å². The number of ketones is 1. The minimum Gasteiger partial charge on any atom is -0.458 e. The lowest BCUT2D eigenvalue weighted by atomic mass is 9.41. The van der Waals surface area contributed by atoms with Gasteiger partial charge in [-0.2, -0.15) is 8.42 Å². The average Bonchev–Trinajstić information content (AvgIpc) is 1.45. The maximum absolute atomic E-state index is 14.5.